The van der Waals surface area contributed by atoms with Crippen LogP contribution in [0.15, 0.2) is 59.8 Å². The third-order valence-electron chi connectivity index (χ3n) is 6.14. The van der Waals surface area contributed by atoms with E-state index in [0.29, 0.717) is 12.1 Å². The van der Waals surface area contributed by atoms with E-state index < -0.39 is 18.2 Å². The summed E-state index contributed by atoms with van der Waals surface area (Å²) in [4.78, 5) is 17.3. The van der Waals surface area contributed by atoms with Gasteiger partial charge in [-0.2, -0.15) is 13.2 Å². The van der Waals surface area contributed by atoms with Crippen LogP contribution in [0.2, 0.25) is 5.02 Å². The average Bonchev–Trinajstić information content (AvgIpc) is 3.29. The van der Waals surface area contributed by atoms with E-state index in [1.165, 1.54) is 18.2 Å². The predicted molar refractivity (Wildman–Crippen MR) is 133 cm³/mol. The second-order valence-corrected chi connectivity index (χ2v) is 9.37. The Kier molecular flexibility index (Phi) is 7.18. The molecule has 190 valence electrons. The Labute approximate surface area is 212 Å². The molecule has 1 atom stereocenters. The van der Waals surface area contributed by atoms with Crippen molar-refractivity contribution in [1.82, 2.24) is 5.32 Å². The van der Waals surface area contributed by atoms with Crippen molar-refractivity contribution in [3.63, 3.8) is 0 Å². The molecule has 1 aliphatic heterocycles. The number of hydrogen-bond donors (Lipinski definition) is 1. The van der Waals surface area contributed by atoms with Crippen LogP contribution in [-0.2, 0) is 21.8 Å². The first-order valence-electron chi connectivity index (χ1n) is 11.6. The van der Waals surface area contributed by atoms with E-state index in [4.69, 9.17) is 21.2 Å². The monoisotopic (exact) mass is 518 g/mol. The van der Waals surface area contributed by atoms with Crippen LogP contribution >= 0.6 is 11.6 Å². The van der Waals surface area contributed by atoms with Crippen molar-refractivity contribution >= 4 is 34.0 Å². The Hall–Kier alpha value is -3.26. The van der Waals surface area contributed by atoms with Gasteiger partial charge in [0.2, 0.25) is 5.91 Å². The number of carbonyl (C=O) groups excluding carboxylic acids is 1. The number of fused-ring (bicyclic) bond motifs is 1. The molecule has 0 fully saturated rings. The van der Waals surface area contributed by atoms with Crippen LogP contribution in [0.25, 0.3) is 10.8 Å². The Balaban J connectivity index is 1.73. The summed E-state index contributed by atoms with van der Waals surface area (Å²) in [5.74, 6) is -0.0238. The molecule has 0 bridgehead atoms. The van der Waals surface area contributed by atoms with Gasteiger partial charge in [-0.3, -0.25) is 4.79 Å². The number of oxime groups is 1. The van der Waals surface area contributed by atoms with E-state index in [2.05, 4.69) is 10.5 Å². The summed E-state index contributed by atoms with van der Waals surface area (Å²) in [6, 6.07) is 14.8. The fourth-order valence-corrected chi connectivity index (χ4v) is 4.47. The summed E-state index contributed by atoms with van der Waals surface area (Å²) in [7, 11) is 0. The van der Waals surface area contributed by atoms with Crippen LogP contribution in [0.4, 0.5) is 13.2 Å². The summed E-state index contributed by atoms with van der Waals surface area (Å²) in [6.07, 6.45) is -5.31. The Morgan fingerprint density at radius 1 is 1.17 bits per heavy atom. The van der Waals surface area contributed by atoms with Crippen LogP contribution in [0.5, 0.6) is 5.75 Å². The topological polar surface area (TPSA) is 59.9 Å². The van der Waals surface area contributed by atoms with Gasteiger partial charge >= 0.3 is 6.18 Å². The van der Waals surface area contributed by atoms with Gasteiger partial charge in [0.15, 0.2) is 0 Å². The van der Waals surface area contributed by atoms with Crippen molar-refractivity contribution in [3.05, 3.63) is 76.3 Å². The van der Waals surface area contributed by atoms with Crippen LogP contribution in [0.1, 0.15) is 43.9 Å². The zero-order valence-corrected chi connectivity index (χ0v) is 20.8. The molecule has 1 N–H and O–H groups in total. The largest absolute Gasteiger partial charge is 0.494 e. The second-order valence-electron chi connectivity index (χ2n) is 8.93. The molecule has 9 heteroatoms. The highest BCUT2D eigenvalue weighted by Gasteiger charge is 2.62. The lowest BCUT2D eigenvalue weighted by Crippen LogP contribution is -2.42. The van der Waals surface area contributed by atoms with E-state index in [9.17, 15) is 18.0 Å². The molecule has 0 aliphatic carbocycles. The lowest BCUT2D eigenvalue weighted by Gasteiger charge is -2.30. The number of benzene rings is 3. The SMILES string of the molecule is CCOc1cc(Cl)cc(C2(C(F)(F)F)CC(c3ccc(CNC(=O)C(C)C)c4ccccc34)=NO2)c1. The summed E-state index contributed by atoms with van der Waals surface area (Å²) < 4.78 is 49.0. The van der Waals surface area contributed by atoms with Crippen LogP contribution in [-0.4, -0.2) is 24.4 Å². The van der Waals surface area contributed by atoms with Gasteiger partial charge in [-0.15, -0.1) is 0 Å². The number of amides is 1. The molecule has 0 saturated carbocycles. The third kappa shape index (κ3) is 4.87. The van der Waals surface area contributed by atoms with Gasteiger partial charge in [-0.05, 0) is 41.5 Å². The van der Waals surface area contributed by atoms with Crippen molar-refractivity contribution < 1.29 is 27.5 Å². The zero-order chi connectivity index (χ0) is 26.1. The van der Waals surface area contributed by atoms with Crippen molar-refractivity contribution in [3.8, 4) is 5.75 Å². The third-order valence-corrected chi connectivity index (χ3v) is 6.36. The maximum atomic E-state index is 14.5. The maximum absolute atomic E-state index is 14.5. The highest BCUT2D eigenvalue weighted by Crippen LogP contribution is 2.50. The number of rotatable bonds is 7. The van der Waals surface area contributed by atoms with E-state index >= 15 is 0 Å². The van der Waals surface area contributed by atoms with Crippen molar-refractivity contribution in [2.45, 2.75) is 45.5 Å². The minimum absolute atomic E-state index is 0.0837. The molecule has 1 heterocycles. The number of nitrogens with zero attached hydrogens (tertiary/aromatic N) is 1. The molecule has 3 aromatic rings. The molecule has 0 aromatic heterocycles. The molecule has 0 spiro atoms. The molecule has 4 rings (SSSR count). The molecular formula is C27H26ClF3N2O3. The van der Waals surface area contributed by atoms with Crippen LogP contribution in [0.3, 0.4) is 0 Å². The zero-order valence-electron chi connectivity index (χ0n) is 20.1. The summed E-state index contributed by atoms with van der Waals surface area (Å²) in [6.45, 7) is 5.92. The lowest BCUT2D eigenvalue weighted by molar-refractivity contribution is -0.275. The van der Waals surface area contributed by atoms with E-state index in [0.717, 1.165) is 16.3 Å². The van der Waals surface area contributed by atoms with Crippen molar-refractivity contribution in [2.24, 2.45) is 11.1 Å². The first kappa shape index (κ1) is 25.8. The quantitative estimate of drug-likeness (QED) is 0.376. The molecule has 1 aliphatic rings. The maximum Gasteiger partial charge on any atom is 0.435 e. The molecule has 5 nitrogen and oxygen atoms in total. The lowest BCUT2D eigenvalue weighted by atomic mass is 9.85. The fourth-order valence-electron chi connectivity index (χ4n) is 4.25. The van der Waals surface area contributed by atoms with Gasteiger partial charge in [0.1, 0.15) is 5.75 Å². The average molecular weight is 519 g/mol. The predicted octanol–water partition coefficient (Wildman–Crippen LogP) is 6.75. The van der Waals surface area contributed by atoms with Gasteiger partial charge in [-0.25, -0.2) is 0 Å². The van der Waals surface area contributed by atoms with Crippen molar-refractivity contribution in [2.75, 3.05) is 6.61 Å². The first-order chi connectivity index (χ1) is 17.1. The number of alkyl halides is 3. The molecule has 36 heavy (non-hydrogen) atoms. The molecule has 3 aromatic carbocycles. The smallest absolute Gasteiger partial charge is 0.435 e. The number of halogens is 4. The molecular weight excluding hydrogens is 493 g/mol. The van der Waals surface area contributed by atoms with Gasteiger partial charge in [0.25, 0.3) is 5.60 Å². The van der Waals surface area contributed by atoms with Crippen LogP contribution in [0, 0.1) is 5.92 Å². The first-order valence-corrected chi connectivity index (χ1v) is 12.0. The number of hydrogen-bond acceptors (Lipinski definition) is 4. The minimum Gasteiger partial charge on any atom is -0.494 e. The number of carbonyl (C=O) groups is 1. The molecule has 0 saturated heterocycles. The van der Waals surface area contributed by atoms with Crippen LogP contribution < -0.4 is 10.1 Å². The van der Waals surface area contributed by atoms with E-state index in [1.807, 2.05) is 18.2 Å². The number of nitrogens with one attached hydrogen (secondary N) is 1. The summed E-state index contributed by atoms with van der Waals surface area (Å²) >= 11 is 6.13. The second kappa shape index (κ2) is 10.0. The molecule has 1 amide bonds. The van der Waals surface area contributed by atoms with Gasteiger partial charge in [-0.1, -0.05) is 67.0 Å². The summed E-state index contributed by atoms with van der Waals surface area (Å²) in [5.41, 5.74) is -1.34. The van der Waals surface area contributed by atoms with E-state index in [1.54, 1.807) is 39.0 Å². The highest BCUT2D eigenvalue weighted by molar-refractivity contribution is 6.30. The Morgan fingerprint density at radius 2 is 1.89 bits per heavy atom. The van der Waals surface area contributed by atoms with Gasteiger partial charge in [0, 0.05) is 35.0 Å². The van der Waals surface area contributed by atoms with E-state index in [-0.39, 0.29) is 40.5 Å². The summed E-state index contributed by atoms with van der Waals surface area (Å²) in [5, 5.41) is 8.45. The fraction of sp³-hybridized carbons (Fsp3) is 0.333. The molecule has 1 unspecified atom stereocenters. The number of ether oxygens (including phenoxy) is 1. The van der Waals surface area contributed by atoms with Gasteiger partial charge < -0.3 is 14.9 Å². The Morgan fingerprint density at radius 3 is 2.56 bits per heavy atom. The normalized spacial score (nSPS) is 17.7. The van der Waals surface area contributed by atoms with Gasteiger partial charge in [0.05, 0.1) is 12.3 Å². The molecule has 0 radical (unpaired) electrons. The van der Waals surface area contributed by atoms with Crippen molar-refractivity contribution in [1.29, 1.82) is 0 Å². The highest BCUT2D eigenvalue weighted by atomic mass is 35.5. The standard InChI is InChI=1S/C27H26ClF3N2O3/c1-4-35-20-12-18(11-19(28)13-20)26(27(29,30)31)14-24(33-36-26)23-10-9-17(15-32-25(34)16(2)3)21-7-5-6-8-22(21)23/h5-13,16H,4,14-15H2,1-3H3,(H,32,34). The minimum atomic E-state index is -4.77. The Bertz CT molecular complexity index is 1320.